The van der Waals surface area contributed by atoms with E-state index in [-0.39, 0.29) is 5.97 Å². The van der Waals surface area contributed by atoms with Gasteiger partial charge in [-0.15, -0.1) is 0 Å². The Morgan fingerprint density at radius 2 is 2.20 bits per heavy atom. The van der Waals surface area contributed by atoms with Gasteiger partial charge >= 0.3 is 46.6 Å². The van der Waals surface area contributed by atoms with E-state index in [0.29, 0.717) is 26.2 Å². The van der Waals surface area contributed by atoms with Gasteiger partial charge in [0, 0.05) is 0 Å². The fourth-order valence-electron chi connectivity index (χ4n) is 0. The first-order valence-electron chi connectivity index (χ1n) is 1.14. The second-order valence-electron chi connectivity index (χ2n) is 0.609. The quantitative estimate of drug-likeness (QED) is 0.546. The first-order chi connectivity index (χ1) is 2.27. The van der Waals surface area contributed by atoms with Gasteiger partial charge in [-0.3, -0.25) is 0 Å². The molecule has 3 heteroatoms. The summed E-state index contributed by atoms with van der Waals surface area (Å²) in [4.78, 5) is 9.63. The molecule has 2 nitrogen and oxygen atoms in total. The third-order valence-electron chi connectivity index (χ3n) is 0.166. The minimum absolute atomic E-state index is 0.171. The van der Waals surface area contributed by atoms with Crippen molar-refractivity contribution in [3.8, 4) is 0 Å². The molecule has 0 saturated carbocycles. The summed E-state index contributed by atoms with van der Waals surface area (Å²) < 4.78 is 4.28. The maximum absolute atomic E-state index is 9.63. The summed E-state index contributed by atoms with van der Waals surface area (Å²) in [6.07, 6.45) is 0. The Morgan fingerprint density at radius 3 is 2.20 bits per heavy atom. The number of carbonyl (C=O) groups excluding carboxylic acids is 1. The molecule has 28 valence electrons. The van der Waals surface area contributed by atoms with Crippen molar-refractivity contribution >= 4 is 32.2 Å². The molecule has 2 radical (unpaired) electrons. The van der Waals surface area contributed by atoms with Crippen LogP contribution in [0.5, 0.6) is 0 Å². The normalized spacial score (nSPS) is 6.80. The average molecular weight is 267 g/mol. The fourth-order valence-corrected chi connectivity index (χ4v) is 0. The van der Waals surface area contributed by atoms with Gasteiger partial charge in [0.2, 0.25) is 0 Å². The molecule has 0 amide bonds. The molecule has 0 aromatic rings. The van der Waals surface area contributed by atoms with Gasteiger partial charge in [0.05, 0.1) is 0 Å². The molecule has 0 unspecified atom stereocenters. The van der Waals surface area contributed by atoms with Gasteiger partial charge in [0.25, 0.3) is 0 Å². The number of hydrogen-bond donors (Lipinski definition) is 0. The van der Waals surface area contributed by atoms with Crippen LogP contribution in [-0.2, 0) is 7.48 Å². The van der Waals surface area contributed by atoms with E-state index in [1.807, 2.05) is 0 Å². The fraction of sp³-hybridized carbons (Fsp3) is 0.500. The van der Waals surface area contributed by atoms with Crippen LogP contribution in [0.15, 0.2) is 0 Å². The molecule has 0 aliphatic rings. The summed E-state index contributed by atoms with van der Waals surface area (Å²) in [6.45, 7) is 1.40. The van der Waals surface area contributed by atoms with E-state index >= 15 is 0 Å². The molecule has 0 spiro atoms. The Hall–Kier alpha value is 0.392. The molecule has 0 fully saturated rings. The molecule has 0 aromatic carbocycles. The topological polar surface area (TPSA) is 26.3 Å². The average Bonchev–Trinajstić information content (AvgIpc) is 1.38. The number of hydrogen-bond acceptors (Lipinski definition) is 2. The van der Waals surface area contributed by atoms with Crippen LogP contribution >= 0.6 is 0 Å². The second-order valence-corrected chi connectivity index (χ2v) is 1.53. The van der Waals surface area contributed by atoms with Gasteiger partial charge in [0.1, 0.15) is 0 Å². The van der Waals surface area contributed by atoms with E-state index in [4.69, 9.17) is 0 Å². The monoisotopic (exact) mass is 268 g/mol. The van der Waals surface area contributed by atoms with Crippen molar-refractivity contribution in [2.75, 3.05) is 0 Å². The zero-order valence-corrected chi connectivity index (χ0v) is 7.38. The first-order valence-corrected chi connectivity index (χ1v) is 2.98. The van der Waals surface area contributed by atoms with Gasteiger partial charge in [-0.05, 0) is 0 Å². The second kappa shape index (κ2) is 2.62. The van der Waals surface area contributed by atoms with Crippen LogP contribution in [0.2, 0.25) is 0 Å². The van der Waals surface area contributed by atoms with E-state index in [0.717, 1.165) is 0 Å². The van der Waals surface area contributed by atoms with Crippen LogP contribution in [0.25, 0.3) is 0 Å². The molecule has 0 bridgehead atoms. The van der Waals surface area contributed by atoms with Crippen LogP contribution in [0, 0.1) is 0 Å². The number of carbonyl (C=O) groups is 1. The summed E-state index contributed by atoms with van der Waals surface area (Å²) >= 11 is 0.359. The van der Waals surface area contributed by atoms with Gasteiger partial charge in [-0.25, -0.2) is 0 Å². The van der Waals surface area contributed by atoms with E-state index in [1.54, 1.807) is 0 Å². The van der Waals surface area contributed by atoms with Crippen LogP contribution in [0.3, 0.4) is 0 Å². The van der Waals surface area contributed by atoms with E-state index < -0.39 is 0 Å². The molecule has 0 atom stereocenters. The Labute approximate surface area is 46.8 Å². The van der Waals surface area contributed by atoms with E-state index in [1.165, 1.54) is 6.92 Å². The summed E-state index contributed by atoms with van der Waals surface area (Å²) in [5.74, 6) is -0.171. The van der Waals surface area contributed by atoms with Crippen molar-refractivity contribution in [2.45, 2.75) is 6.92 Å². The zero-order valence-electron chi connectivity index (χ0n) is 2.89. The number of rotatable bonds is 0. The third-order valence-corrected chi connectivity index (χ3v) is 1.46. The van der Waals surface area contributed by atoms with Crippen molar-refractivity contribution in [1.29, 1.82) is 0 Å². The third kappa shape index (κ3) is 4.39. The van der Waals surface area contributed by atoms with E-state index in [2.05, 4.69) is 2.69 Å². The molecular formula is C2H4O2Pb. The van der Waals surface area contributed by atoms with Crippen LogP contribution in [0.1, 0.15) is 6.92 Å². The summed E-state index contributed by atoms with van der Waals surface area (Å²) in [5.41, 5.74) is 0. The molecule has 0 heterocycles. The Morgan fingerprint density at radius 1 is 2.00 bits per heavy atom. The van der Waals surface area contributed by atoms with Crippen molar-refractivity contribution < 1.29 is 7.48 Å². The molecular weight excluding hydrogens is 263 g/mol. The van der Waals surface area contributed by atoms with Crippen LogP contribution in [-0.4, -0.2) is 32.2 Å². The molecule has 5 heavy (non-hydrogen) atoms. The van der Waals surface area contributed by atoms with Gasteiger partial charge in [-0.2, -0.15) is 0 Å². The Balaban J connectivity index is 2.85. The van der Waals surface area contributed by atoms with Crippen molar-refractivity contribution in [1.82, 2.24) is 0 Å². The maximum atomic E-state index is 9.63. The molecule has 0 N–H and O–H groups in total. The van der Waals surface area contributed by atoms with Crippen LogP contribution in [0.4, 0.5) is 0 Å². The molecule has 0 aromatic heterocycles. The van der Waals surface area contributed by atoms with Crippen molar-refractivity contribution in [2.24, 2.45) is 0 Å². The summed E-state index contributed by atoms with van der Waals surface area (Å²) in [7, 11) is 0. The molecule has 0 saturated heterocycles. The first kappa shape index (κ1) is 5.39. The molecule has 0 aliphatic heterocycles. The van der Waals surface area contributed by atoms with Gasteiger partial charge in [0.15, 0.2) is 0 Å². The predicted molar refractivity (Wildman–Crippen MR) is 18.9 cm³/mol. The van der Waals surface area contributed by atoms with Crippen LogP contribution < -0.4 is 0 Å². The summed E-state index contributed by atoms with van der Waals surface area (Å²) in [5, 5.41) is 0. The standard InChI is InChI=1S/C2H4O2.Pb.H/c1-2(3)4;;/h1H3,(H,3,4);;/q;+1;/p-1. The SMILES string of the molecule is CC(=O)[O][PbH]. The van der Waals surface area contributed by atoms with Crippen molar-refractivity contribution in [3.63, 3.8) is 0 Å². The zero-order chi connectivity index (χ0) is 4.28. The van der Waals surface area contributed by atoms with E-state index in [9.17, 15) is 4.79 Å². The molecule has 0 rings (SSSR count). The Kier molecular flexibility index (Phi) is 2.83. The summed E-state index contributed by atoms with van der Waals surface area (Å²) in [6, 6.07) is 0. The molecule has 0 aliphatic carbocycles. The minimum atomic E-state index is -0.171. The van der Waals surface area contributed by atoms with Gasteiger partial charge in [-0.1, -0.05) is 0 Å². The van der Waals surface area contributed by atoms with Crippen molar-refractivity contribution in [3.05, 3.63) is 0 Å². The Bertz CT molecular complexity index is 42.9. The van der Waals surface area contributed by atoms with Gasteiger partial charge < -0.3 is 0 Å². The predicted octanol–water partition coefficient (Wildman–Crippen LogP) is -0.635.